The minimum Gasteiger partial charge on any atom is -0.352 e. The maximum Gasteiger partial charge on any atom is 0.401 e. The lowest BCUT2D eigenvalue weighted by molar-refractivity contribution is -0.143. The largest absolute Gasteiger partial charge is 0.401 e. The van der Waals surface area contributed by atoms with E-state index in [9.17, 15) is 21.6 Å². The van der Waals surface area contributed by atoms with Crippen LogP contribution in [0.3, 0.4) is 0 Å². The van der Waals surface area contributed by atoms with E-state index in [0.29, 0.717) is 45.1 Å². The van der Waals surface area contributed by atoms with Crippen LogP contribution in [0.1, 0.15) is 24.8 Å². The second-order valence-electron chi connectivity index (χ2n) is 7.66. The summed E-state index contributed by atoms with van der Waals surface area (Å²) in [6.07, 6.45) is -1.80. The number of hydrogen-bond donors (Lipinski definition) is 2. The number of guanidine groups is 1. The van der Waals surface area contributed by atoms with E-state index in [2.05, 4.69) is 15.6 Å². The Morgan fingerprint density at radius 1 is 1.17 bits per heavy atom. The Morgan fingerprint density at radius 2 is 1.83 bits per heavy atom. The van der Waals surface area contributed by atoms with Crippen LogP contribution in [0.25, 0.3) is 0 Å². The van der Waals surface area contributed by atoms with Gasteiger partial charge < -0.3 is 10.6 Å². The number of benzene rings is 1. The lowest BCUT2D eigenvalue weighted by atomic mass is 10.2. The molecule has 1 atom stereocenters. The summed E-state index contributed by atoms with van der Waals surface area (Å²) in [6, 6.07) is 6.61. The van der Waals surface area contributed by atoms with Crippen LogP contribution in [0, 0.1) is 0 Å². The molecule has 2 N–H and O–H groups in total. The van der Waals surface area contributed by atoms with E-state index in [1.165, 1.54) is 9.21 Å². The fourth-order valence-electron chi connectivity index (χ4n) is 3.78. The van der Waals surface area contributed by atoms with Crippen LogP contribution in [0.2, 0.25) is 0 Å². The van der Waals surface area contributed by atoms with Gasteiger partial charge >= 0.3 is 6.18 Å². The molecule has 0 amide bonds. The Bertz CT molecular complexity index is 837. The number of likely N-dealkylation sites (tertiary alicyclic amines) is 1. The molecule has 1 aromatic rings. The topological polar surface area (TPSA) is 77.0 Å². The third-order valence-corrected chi connectivity index (χ3v) is 7.24. The van der Waals surface area contributed by atoms with Gasteiger partial charge in [-0.1, -0.05) is 12.1 Å². The maximum absolute atomic E-state index is 12.6. The van der Waals surface area contributed by atoms with Crippen LogP contribution in [-0.2, 0) is 16.6 Å². The van der Waals surface area contributed by atoms with Crippen molar-refractivity contribution in [2.75, 3.05) is 39.8 Å². The van der Waals surface area contributed by atoms with Gasteiger partial charge in [0.1, 0.15) is 0 Å². The second-order valence-corrected chi connectivity index (χ2v) is 9.60. The van der Waals surface area contributed by atoms with Crippen LogP contribution >= 0.6 is 0 Å². The number of alkyl halides is 3. The number of rotatable bonds is 6. The summed E-state index contributed by atoms with van der Waals surface area (Å²) in [5.41, 5.74) is 0.878. The number of nitrogens with zero attached hydrogens (tertiary/aromatic N) is 3. The number of sulfonamides is 1. The van der Waals surface area contributed by atoms with Gasteiger partial charge in [0, 0.05) is 45.8 Å². The van der Waals surface area contributed by atoms with Crippen molar-refractivity contribution in [3.63, 3.8) is 0 Å². The summed E-state index contributed by atoms with van der Waals surface area (Å²) in [6.45, 7) is 1.35. The lowest BCUT2D eigenvalue weighted by Gasteiger charge is -2.20. The van der Waals surface area contributed by atoms with E-state index in [1.54, 1.807) is 31.3 Å². The first-order valence-corrected chi connectivity index (χ1v) is 11.5. The number of hydrogen-bond acceptors (Lipinski definition) is 4. The normalized spacial score (nSPS) is 21.9. The van der Waals surface area contributed by atoms with Crippen LogP contribution in [0.5, 0.6) is 0 Å². The SMILES string of the molecule is CN=C(NCc1ccc(S(=O)(=O)N2CCCC2)cc1)NC1CCN(CC(F)(F)F)C1. The fourth-order valence-corrected chi connectivity index (χ4v) is 5.30. The molecule has 0 spiro atoms. The highest BCUT2D eigenvalue weighted by molar-refractivity contribution is 7.89. The zero-order chi connectivity index (χ0) is 21.8. The molecule has 0 bridgehead atoms. The summed E-state index contributed by atoms with van der Waals surface area (Å²) >= 11 is 0. The molecule has 2 fully saturated rings. The summed E-state index contributed by atoms with van der Waals surface area (Å²) in [4.78, 5) is 5.79. The van der Waals surface area contributed by atoms with Crippen molar-refractivity contribution in [3.05, 3.63) is 29.8 Å². The Kier molecular flexibility index (Phi) is 7.25. The van der Waals surface area contributed by atoms with Crippen molar-refractivity contribution in [1.82, 2.24) is 19.8 Å². The minimum absolute atomic E-state index is 0.105. The van der Waals surface area contributed by atoms with Crippen molar-refractivity contribution in [2.45, 2.75) is 42.9 Å². The van der Waals surface area contributed by atoms with Gasteiger partial charge in [-0.3, -0.25) is 9.89 Å². The van der Waals surface area contributed by atoms with E-state index in [0.717, 1.165) is 18.4 Å². The molecule has 2 heterocycles. The molecule has 11 heteroatoms. The van der Waals surface area contributed by atoms with E-state index in [-0.39, 0.29) is 10.9 Å². The Balaban J connectivity index is 1.49. The lowest BCUT2D eigenvalue weighted by Crippen LogP contribution is -2.44. The van der Waals surface area contributed by atoms with Gasteiger partial charge in [-0.15, -0.1) is 0 Å². The molecule has 0 aromatic heterocycles. The molecule has 30 heavy (non-hydrogen) atoms. The molecule has 0 saturated carbocycles. The molecule has 2 aliphatic rings. The van der Waals surface area contributed by atoms with Gasteiger partial charge in [0.05, 0.1) is 11.4 Å². The van der Waals surface area contributed by atoms with Gasteiger partial charge in [-0.2, -0.15) is 17.5 Å². The highest BCUT2D eigenvalue weighted by Gasteiger charge is 2.34. The number of aliphatic imine (C=N–C) groups is 1. The maximum atomic E-state index is 12.6. The molecule has 168 valence electrons. The molecule has 7 nitrogen and oxygen atoms in total. The molecule has 2 saturated heterocycles. The molecule has 3 rings (SSSR count). The quantitative estimate of drug-likeness (QED) is 0.514. The van der Waals surface area contributed by atoms with Crippen molar-refractivity contribution in [1.29, 1.82) is 0 Å². The first kappa shape index (κ1) is 22.8. The van der Waals surface area contributed by atoms with Gasteiger partial charge in [0.2, 0.25) is 10.0 Å². The molecular formula is C19H28F3N5O2S. The Hall–Kier alpha value is -1.85. The summed E-state index contributed by atoms with van der Waals surface area (Å²) < 4.78 is 64.2. The number of nitrogens with one attached hydrogen (secondary N) is 2. The van der Waals surface area contributed by atoms with Crippen molar-refractivity contribution < 1.29 is 21.6 Å². The number of halogens is 3. The average Bonchev–Trinajstić information content (AvgIpc) is 3.36. The predicted octanol–water partition coefficient (Wildman–Crippen LogP) is 1.77. The van der Waals surface area contributed by atoms with Crippen molar-refractivity contribution in [2.24, 2.45) is 4.99 Å². The fraction of sp³-hybridized carbons (Fsp3) is 0.632. The monoisotopic (exact) mass is 447 g/mol. The van der Waals surface area contributed by atoms with Crippen LogP contribution in [0.15, 0.2) is 34.2 Å². The van der Waals surface area contributed by atoms with Gasteiger partial charge in [-0.25, -0.2) is 8.42 Å². The van der Waals surface area contributed by atoms with E-state index in [1.807, 2.05) is 0 Å². The van der Waals surface area contributed by atoms with E-state index < -0.39 is 22.7 Å². The molecule has 1 aromatic carbocycles. The zero-order valence-electron chi connectivity index (χ0n) is 17.0. The van der Waals surface area contributed by atoms with Crippen LogP contribution < -0.4 is 10.6 Å². The average molecular weight is 448 g/mol. The highest BCUT2D eigenvalue weighted by Crippen LogP contribution is 2.21. The van der Waals surface area contributed by atoms with Crippen molar-refractivity contribution >= 4 is 16.0 Å². The third kappa shape index (κ3) is 6.08. The van der Waals surface area contributed by atoms with E-state index in [4.69, 9.17) is 0 Å². The summed E-state index contributed by atoms with van der Waals surface area (Å²) in [7, 11) is -1.83. The van der Waals surface area contributed by atoms with Crippen LogP contribution in [0.4, 0.5) is 13.2 Å². The third-order valence-electron chi connectivity index (χ3n) is 5.33. The van der Waals surface area contributed by atoms with E-state index >= 15 is 0 Å². The van der Waals surface area contributed by atoms with Gasteiger partial charge in [-0.05, 0) is 37.0 Å². The standard InChI is InChI=1S/C19H28F3N5O2S/c1-23-18(25-16-8-11-26(13-16)14-19(20,21)22)24-12-15-4-6-17(7-5-15)30(28,29)27-9-2-3-10-27/h4-7,16H,2-3,8-14H2,1H3,(H2,23,24,25). The predicted molar refractivity (Wildman–Crippen MR) is 109 cm³/mol. The zero-order valence-corrected chi connectivity index (χ0v) is 17.8. The summed E-state index contributed by atoms with van der Waals surface area (Å²) in [5.74, 6) is 0.502. The van der Waals surface area contributed by atoms with Crippen LogP contribution in [-0.4, -0.2) is 75.6 Å². The first-order valence-electron chi connectivity index (χ1n) is 10.0. The van der Waals surface area contributed by atoms with Crippen molar-refractivity contribution in [3.8, 4) is 0 Å². The minimum atomic E-state index is -4.19. The second kappa shape index (κ2) is 9.52. The van der Waals surface area contributed by atoms with Gasteiger partial charge in [0.25, 0.3) is 0 Å². The Labute approximate surface area is 175 Å². The molecule has 0 aliphatic carbocycles. The summed E-state index contributed by atoms with van der Waals surface area (Å²) in [5, 5.41) is 6.28. The van der Waals surface area contributed by atoms with Gasteiger partial charge in [0.15, 0.2) is 5.96 Å². The highest BCUT2D eigenvalue weighted by atomic mass is 32.2. The molecule has 0 radical (unpaired) electrons. The Morgan fingerprint density at radius 3 is 2.43 bits per heavy atom. The molecular weight excluding hydrogens is 419 g/mol. The molecule has 1 unspecified atom stereocenters. The smallest absolute Gasteiger partial charge is 0.352 e. The molecule has 2 aliphatic heterocycles. The first-order chi connectivity index (χ1) is 14.2.